The van der Waals surface area contributed by atoms with Crippen LogP contribution in [0.1, 0.15) is 13.3 Å². The number of hydrogen-bond acceptors (Lipinski definition) is 6. The number of aliphatic carboxylic acids is 2. The topological polar surface area (TPSA) is 162 Å². The van der Waals surface area contributed by atoms with Crippen molar-refractivity contribution in [3.63, 3.8) is 0 Å². The van der Waals surface area contributed by atoms with Gasteiger partial charge in [-0.2, -0.15) is 0 Å². The number of nitrogens with one attached hydrogen (secondary N) is 2. The Kier molecular flexibility index (Phi) is 8.65. The molecular weight excluding hydrogens is 288 g/mol. The van der Waals surface area contributed by atoms with Crippen LogP contribution in [0.5, 0.6) is 0 Å². The molecule has 2 unspecified atom stereocenters. The van der Waals surface area contributed by atoms with Gasteiger partial charge in [-0.3, -0.25) is 19.2 Å². The van der Waals surface area contributed by atoms with Crippen molar-refractivity contribution in [3.05, 3.63) is 0 Å². The van der Waals surface area contributed by atoms with E-state index in [1.165, 1.54) is 6.92 Å². The fraction of sp³-hybridized carbons (Fsp3) is 0.636. The lowest BCUT2D eigenvalue weighted by Crippen LogP contribution is -2.40. The third-order valence-electron chi connectivity index (χ3n) is 2.23. The van der Waals surface area contributed by atoms with E-state index in [2.05, 4.69) is 10.6 Å². The van der Waals surface area contributed by atoms with Gasteiger partial charge in [0.15, 0.2) is 0 Å². The number of carbonyl (C=O) groups is 4. The summed E-state index contributed by atoms with van der Waals surface area (Å²) in [6.45, 7) is 0.413. The summed E-state index contributed by atoms with van der Waals surface area (Å²) in [5, 5.41) is 30.3. The molecule has 0 saturated carbocycles. The highest BCUT2D eigenvalue weighted by molar-refractivity contribution is 5.83. The van der Waals surface area contributed by atoms with Gasteiger partial charge in [-0.25, -0.2) is 0 Å². The van der Waals surface area contributed by atoms with E-state index in [1.807, 2.05) is 0 Å². The number of aliphatic hydroxyl groups excluding tert-OH is 1. The van der Waals surface area contributed by atoms with Crippen LogP contribution in [0.25, 0.3) is 0 Å². The molecule has 0 saturated heterocycles. The minimum atomic E-state index is -1.84. The van der Waals surface area contributed by atoms with Crippen molar-refractivity contribution in [3.8, 4) is 0 Å². The van der Waals surface area contributed by atoms with Crippen LogP contribution in [-0.2, 0) is 23.9 Å². The lowest BCUT2D eigenvalue weighted by molar-refractivity contribution is -0.162. The molecule has 2 atom stereocenters. The van der Waals surface area contributed by atoms with E-state index < -0.39 is 42.5 Å². The molecule has 0 radical (unpaired) electrons. The van der Waals surface area contributed by atoms with Gasteiger partial charge in [0.1, 0.15) is 6.54 Å². The standard InChI is InChI=1S/C11H18N2O8/c1-6(9(18)13-4-8(16)17)5-21-11(20)10(19)12-3-2-7(14)15/h6,11,20H,2-5H2,1H3,(H,12,19)(H,13,18)(H,14,15)(H,16,17). The summed E-state index contributed by atoms with van der Waals surface area (Å²) >= 11 is 0. The molecule has 2 amide bonds. The first kappa shape index (κ1) is 18.8. The summed E-state index contributed by atoms with van der Waals surface area (Å²) in [6, 6.07) is 0. The molecule has 0 spiro atoms. The summed E-state index contributed by atoms with van der Waals surface area (Å²) in [6.07, 6.45) is -2.14. The number of rotatable bonds is 10. The summed E-state index contributed by atoms with van der Waals surface area (Å²) < 4.78 is 4.74. The molecule has 21 heavy (non-hydrogen) atoms. The molecule has 0 aromatic rings. The van der Waals surface area contributed by atoms with E-state index in [1.54, 1.807) is 0 Å². The fourth-order valence-electron chi connectivity index (χ4n) is 1.10. The monoisotopic (exact) mass is 306 g/mol. The van der Waals surface area contributed by atoms with Crippen LogP contribution in [0.4, 0.5) is 0 Å². The number of ether oxygens (including phenoxy) is 1. The first-order valence-corrected chi connectivity index (χ1v) is 6.02. The van der Waals surface area contributed by atoms with Crippen molar-refractivity contribution in [1.82, 2.24) is 10.6 Å². The fourth-order valence-corrected chi connectivity index (χ4v) is 1.10. The normalized spacial score (nSPS) is 13.0. The zero-order chi connectivity index (χ0) is 16.4. The maximum Gasteiger partial charge on any atom is 0.322 e. The maximum absolute atomic E-state index is 11.4. The molecule has 10 heteroatoms. The Hall–Kier alpha value is -2.20. The molecule has 120 valence electrons. The van der Waals surface area contributed by atoms with Crippen LogP contribution in [-0.4, -0.2) is 65.1 Å². The molecule has 0 aromatic heterocycles. The third-order valence-corrected chi connectivity index (χ3v) is 2.23. The molecule has 0 aliphatic rings. The second-order valence-corrected chi connectivity index (χ2v) is 4.13. The van der Waals surface area contributed by atoms with Crippen LogP contribution in [0.15, 0.2) is 0 Å². The van der Waals surface area contributed by atoms with Crippen molar-refractivity contribution >= 4 is 23.8 Å². The molecule has 0 fully saturated rings. The number of aliphatic hydroxyl groups is 1. The lowest BCUT2D eigenvalue weighted by Gasteiger charge is -2.15. The number of hydrogen-bond donors (Lipinski definition) is 5. The predicted molar refractivity (Wildman–Crippen MR) is 67.0 cm³/mol. The number of carboxylic acids is 2. The van der Waals surface area contributed by atoms with E-state index >= 15 is 0 Å². The van der Waals surface area contributed by atoms with Crippen LogP contribution >= 0.6 is 0 Å². The molecule has 5 N–H and O–H groups in total. The third kappa shape index (κ3) is 9.35. The average molecular weight is 306 g/mol. The maximum atomic E-state index is 11.4. The summed E-state index contributed by atoms with van der Waals surface area (Å²) in [5.74, 6) is -4.60. The van der Waals surface area contributed by atoms with Crippen molar-refractivity contribution in [2.24, 2.45) is 5.92 Å². The van der Waals surface area contributed by atoms with Crippen molar-refractivity contribution < 1.29 is 39.2 Å². The van der Waals surface area contributed by atoms with Gasteiger partial charge >= 0.3 is 11.9 Å². The van der Waals surface area contributed by atoms with Crippen LogP contribution in [0.2, 0.25) is 0 Å². The zero-order valence-corrected chi connectivity index (χ0v) is 11.4. The Balaban J connectivity index is 3.96. The quantitative estimate of drug-likeness (QED) is 0.283. The highest BCUT2D eigenvalue weighted by Crippen LogP contribution is 1.99. The van der Waals surface area contributed by atoms with E-state index in [-0.39, 0.29) is 19.6 Å². The second-order valence-electron chi connectivity index (χ2n) is 4.13. The molecule has 0 rings (SSSR count). The first-order valence-electron chi connectivity index (χ1n) is 6.02. The van der Waals surface area contributed by atoms with Gasteiger partial charge in [0.25, 0.3) is 5.91 Å². The van der Waals surface area contributed by atoms with Gasteiger partial charge < -0.3 is 30.7 Å². The lowest BCUT2D eigenvalue weighted by atomic mass is 10.2. The Bertz CT molecular complexity index is 398. The SMILES string of the molecule is CC(COC(O)C(=O)NCCC(=O)O)C(=O)NCC(=O)O. The Morgan fingerprint density at radius 1 is 1.05 bits per heavy atom. The van der Waals surface area contributed by atoms with Crippen LogP contribution in [0.3, 0.4) is 0 Å². The van der Waals surface area contributed by atoms with E-state index in [9.17, 15) is 24.3 Å². The minimum Gasteiger partial charge on any atom is -0.481 e. The number of carboxylic acid groups (broad SMARTS) is 2. The molecule has 0 aliphatic heterocycles. The summed E-state index contributed by atoms with van der Waals surface area (Å²) in [4.78, 5) is 43.1. The summed E-state index contributed by atoms with van der Waals surface area (Å²) in [5.41, 5.74) is 0. The van der Waals surface area contributed by atoms with Crippen molar-refractivity contribution in [2.75, 3.05) is 19.7 Å². The van der Waals surface area contributed by atoms with Gasteiger partial charge in [-0.1, -0.05) is 6.92 Å². The van der Waals surface area contributed by atoms with E-state index in [0.717, 1.165) is 0 Å². The smallest absolute Gasteiger partial charge is 0.322 e. The Labute approximate surface area is 120 Å². The molecule has 0 bridgehead atoms. The van der Waals surface area contributed by atoms with Crippen LogP contribution < -0.4 is 10.6 Å². The Morgan fingerprint density at radius 3 is 2.19 bits per heavy atom. The largest absolute Gasteiger partial charge is 0.481 e. The van der Waals surface area contributed by atoms with Crippen molar-refractivity contribution in [1.29, 1.82) is 0 Å². The number of amides is 2. The predicted octanol–water partition coefficient (Wildman–Crippen LogP) is -2.25. The minimum absolute atomic E-state index is 0.163. The van der Waals surface area contributed by atoms with Gasteiger partial charge in [0.2, 0.25) is 12.2 Å². The molecule has 0 aliphatic carbocycles. The molecular formula is C11H18N2O8. The van der Waals surface area contributed by atoms with Gasteiger partial charge in [0, 0.05) is 6.54 Å². The number of carbonyl (C=O) groups excluding carboxylic acids is 2. The van der Waals surface area contributed by atoms with Crippen LogP contribution in [0, 0.1) is 5.92 Å². The molecule has 0 heterocycles. The Morgan fingerprint density at radius 2 is 1.67 bits per heavy atom. The van der Waals surface area contributed by atoms with E-state index in [4.69, 9.17) is 14.9 Å². The summed E-state index contributed by atoms with van der Waals surface area (Å²) in [7, 11) is 0. The zero-order valence-electron chi connectivity index (χ0n) is 11.4. The average Bonchev–Trinajstić information content (AvgIpc) is 2.40. The second kappa shape index (κ2) is 9.66. The van der Waals surface area contributed by atoms with Gasteiger partial charge in [0.05, 0.1) is 18.9 Å². The van der Waals surface area contributed by atoms with Crippen molar-refractivity contribution in [2.45, 2.75) is 19.6 Å². The first-order chi connectivity index (χ1) is 9.73. The molecule has 10 nitrogen and oxygen atoms in total. The van der Waals surface area contributed by atoms with Gasteiger partial charge in [-0.15, -0.1) is 0 Å². The highest BCUT2D eigenvalue weighted by Gasteiger charge is 2.20. The van der Waals surface area contributed by atoms with Gasteiger partial charge in [-0.05, 0) is 0 Å². The molecule has 0 aromatic carbocycles. The highest BCUT2D eigenvalue weighted by atomic mass is 16.6. The van der Waals surface area contributed by atoms with E-state index in [0.29, 0.717) is 0 Å².